The highest BCUT2D eigenvalue weighted by molar-refractivity contribution is 9.10. The zero-order valence-corrected chi connectivity index (χ0v) is 16.2. The zero-order chi connectivity index (χ0) is 18.0. The third kappa shape index (κ3) is 3.58. The van der Waals surface area contributed by atoms with Crippen molar-refractivity contribution in [1.82, 2.24) is 19.3 Å². The normalized spacial score (nSPS) is 11.0. The summed E-state index contributed by atoms with van der Waals surface area (Å²) in [5.41, 5.74) is 4.44. The number of imidazole rings is 1. The molecule has 6 heteroatoms. The van der Waals surface area contributed by atoms with Gasteiger partial charge in [0.15, 0.2) is 0 Å². The maximum atomic E-state index is 13.2. The number of nitrogens with zero attached hydrogens (tertiary/aromatic N) is 4. The number of halogens is 1. The van der Waals surface area contributed by atoms with Crippen LogP contribution in [0.25, 0.3) is 5.65 Å². The van der Waals surface area contributed by atoms with Crippen molar-refractivity contribution in [1.29, 1.82) is 0 Å². The summed E-state index contributed by atoms with van der Waals surface area (Å²) in [6.07, 6.45) is 6.28. The van der Waals surface area contributed by atoms with E-state index in [2.05, 4.69) is 25.9 Å². The molecule has 130 valence electrons. The zero-order valence-electron chi connectivity index (χ0n) is 14.7. The maximum Gasteiger partial charge on any atom is 0.272 e. The number of fused-ring (bicyclic) bond motifs is 1. The summed E-state index contributed by atoms with van der Waals surface area (Å²) < 4.78 is 2.83. The van der Waals surface area contributed by atoms with Gasteiger partial charge < -0.3 is 4.90 Å². The minimum Gasteiger partial charge on any atom is -0.337 e. The van der Waals surface area contributed by atoms with Crippen LogP contribution in [0.2, 0.25) is 0 Å². The van der Waals surface area contributed by atoms with Crippen molar-refractivity contribution >= 4 is 27.5 Å². The SMILES string of the molecule is CCN(CCc1ccncc1)C(=O)c1c(C)nc2c(C)cc(Br)cn12. The molecule has 5 nitrogen and oxygen atoms in total. The van der Waals surface area contributed by atoms with Gasteiger partial charge in [0.2, 0.25) is 0 Å². The fraction of sp³-hybridized carbons (Fsp3) is 0.316. The van der Waals surface area contributed by atoms with E-state index in [1.165, 1.54) is 5.56 Å². The van der Waals surface area contributed by atoms with Crippen LogP contribution < -0.4 is 0 Å². The Kier molecular flexibility index (Phi) is 5.18. The van der Waals surface area contributed by atoms with E-state index >= 15 is 0 Å². The van der Waals surface area contributed by atoms with Crippen LogP contribution in [0.15, 0.2) is 41.3 Å². The first-order valence-corrected chi connectivity index (χ1v) is 9.13. The lowest BCUT2D eigenvalue weighted by Crippen LogP contribution is -2.34. The van der Waals surface area contributed by atoms with E-state index in [1.807, 2.05) is 54.5 Å². The second-order valence-electron chi connectivity index (χ2n) is 6.07. The van der Waals surface area contributed by atoms with Crippen LogP contribution in [-0.2, 0) is 6.42 Å². The molecule has 0 aliphatic heterocycles. The van der Waals surface area contributed by atoms with E-state index in [4.69, 9.17) is 0 Å². The first-order valence-electron chi connectivity index (χ1n) is 8.34. The topological polar surface area (TPSA) is 50.5 Å². The molecule has 0 saturated heterocycles. The molecule has 0 unspecified atom stereocenters. The van der Waals surface area contributed by atoms with E-state index in [9.17, 15) is 4.79 Å². The highest BCUT2D eigenvalue weighted by Crippen LogP contribution is 2.21. The van der Waals surface area contributed by atoms with Gasteiger partial charge in [-0.3, -0.25) is 14.2 Å². The van der Waals surface area contributed by atoms with E-state index in [1.54, 1.807) is 12.4 Å². The Labute approximate surface area is 155 Å². The van der Waals surface area contributed by atoms with Crippen LogP contribution >= 0.6 is 15.9 Å². The van der Waals surface area contributed by atoms with Crippen LogP contribution in [0, 0.1) is 13.8 Å². The monoisotopic (exact) mass is 400 g/mol. The number of carbonyl (C=O) groups excluding carboxylic acids is 1. The average Bonchev–Trinajstić information content (AvgIpc) is 2.92. The summed E-state index contributed by atoms with van der Waals surface area (Å²) >= 11 is 3.51. The summed E-state index contributed by atoms with van der Waals surface area (Å²) in [6, 6.07) is 5.98. The molecule has 0 aliphatic carbocycles. The second kappa shape index (κ2) is 7.35. The summed E-state index contributed by atoms with van der Waals surface area (Å²) in [7, 11) is 0. The van der Waals surface area contributed by atoms with Crippen molar-refractivity contribution in [2.45, 2.75) is 27.2 Å². The highest BCUT2D eigenvalue weighted by Gasteiger charge is 2.22. The number of likely N-dealkylation sites (N-methyl/N-ethyl adjacent to an activating group) is 1. The predicted molar refractivity (Wildman–Crippen MR) is 102 cm³/mol. The molecule has 3 rings (SSSR count). The van der Waals surface area contributed by atoms with Crippen molar-refractivity contribution < 1.29 is 4.79 Å². The largest absolute Gasteiger partial charge is 0.337 e. The van der Waals surface area contributed by atoms with E-state index in [0.29, 0.717) is 18.8 Å². The molecule has 0 spiro atoms. The van der Waals surface area contributed by atoms with Gasteiger partial charge in [-0.2, -0.15) is 0 Å². The first kappa shape index (κ1) is 17.6. The number of hydrogen-bond acceptors (Lipinski definition) is 3. The molecule has 0 N–H and O–H groups in total. The summed E-state index contributed by atoms with van der Waals surface area (Å²) in [4.78, 5) is 23.7. The van der Waals surface area contributed by atoms with Crippen molar-refractivity contribution in [3.05, 3.63) is 63.8 Å². The van der Waals surface area contributed by atoms with Gasteiger partial charge in [-0.15, -0.1) is 0 Å². The van der Waals surface area contributed by atoms with E-state index < -0.39 is 0 Å². The van der Waals surface area contributed by atoms with Gasteiger partial charge in [0.05, 0.1) is 5.69 Å². The molecule has 0 saturated carbocycles. The number of carbonyl (C=O) groups is 1. The van der Waals surface area contributed by atoms with Gasteiger partial charge >= 0.3 is 0 Å². The third-order valence-electron chi connectivity index (χ3n) is 4.34. The Bertz CT molecular complexity index is 905. The number of aromatic nitrogens is 3. The fourth-order valence-corrected chi connectivity index (χ4v) is 3.55. The minimum atomic E-state index is 0.0130. The Balaban J connectivity index is 1.90. The molecular weight excluding hydrogens is 380 g/mol. The smallest absolute Gasteiger partial charge is 0.272 e. The predicted octanol–water partition coefficient (Wildman–Crippen LogP) is 3.81. The van der Waals surface area contributed by atoms with E-state index in [0.717, 1.165) is 27.8 Å². The number of pyridine rings is 2. The van der Waals surface area contributed by atoms with Crippen molar-refractivity contribution in [3.8, 4) is 0 Å². The quantitative estimate of drug-likeness (QED) is 0.653. The van der Waals surface area contributed by atoms with Gasteiger partial charge in [-0.1, -0.05) is 0 Å². The van der Waals surface area contributed by atoms with Gasteiger partial charge in [0, 0.05) is 36.2 Å². The van der Waals surface area contributed by atoms with Gasteiger partial charge in [-0.25, -0.2) is 4.98 Å². The lowest BCUT2D eigenvalue weighted by Gasteiger charge is -2.21. The molecule has 0 radical (unpaired) electrons. The Hall–Kier alpha value is -2.21. The summed E-state index contributed by atoms with van der Waals surface area (Å²) in [5.74, 6) is 0.0130. The van der Waals surface area contributed by atoms with Crippen molar-refractivity contribution in [2.75, 3.05) is 13.1 Å². The maximum absolute atomic E-state index is 13.2. The molecule has 0 atom stereocenters. The molecule has 0 aliphatic rings. The number of hydrogen-bond donors (Lipinski definition) is 0. The summed E-state index contributed by atoms with van der Waals surface area (Å²) in [5, 5.41) is 0. The first-order chi connectivity index (χ1) is 12.0. The minimum absolute atomic E-state index is 0.0130. The van der Waals surface area contributed by atoms with Crippen LogP contribution in [-0.4, -0.2) is 38.3 Å². The number of aryl methyl sites for hydroxylation is 2. The third-order valence-corrected chi connectivity index (χ3v) is 4.77. The Morgan fingerprint density at radius 2 is 2.00 bits per heavy atom. The average molecular weight is 401 g/mol. The van der Waals surface area contributed by atoms with Gasteiger partial charge in [-0.05, 0) is 72.4 Å². The lowest BCUT2D eigenvalue weighted by atomic mass is 10.2. The number of amides is 1. The molecule has 0 fully saturated rings. The van der Waals surface area contributed by atoms with Crippen LogP contribution in [0.4, 0.5) is 0 Å². The molecule has 3 aromatic rings. The van der Waals surface area contributed by atoms with Gasteiger partial charge in [0.25, 0.3) is 5.91 Å². The molecule has 3 heterocycles. The van der Waals surface area contributed by atoms with Crippen LogP contribution in [0.5, 0.6) is 0 Å². The van der Waals surface area contributed by atoms with Gasteiger partial charge in [0.1, 0.15) is 11.3 Å². The van der Waals surface area contributed by atoms with Crippen molar-refractivity contribution in [2.24, 2.45) is 0 Å². The molecule has 0 bridgehead atoms. The standard InChI is InChI=1S/C19H21BrN4O/c1-4-23(10-7-15-5-8-21-9-6-15)19(25)17-14(3)22-18-13(2)11-16(20)12-24(17)18/h5-6,8-9,11-12H,4,7,10H2,1-3H3. The molecule has 25 heavy (non-hydrogen) atoms. The fourth-order valence-electron chi connectivity index (χ4n) is 3.01. The van der Waals surface area contributed by atoms with E-state index in [-0.39, 0.29) is 5.91 Å². The highest BCUT2D eigenvalue weighted by atomic mass is 79.9. The Morgan fingerprint density at radius 3 is 2.68 bits per heavy atom. The summed E-state index contributed by atoms with van der Waals surface area (Å²) in [6.45, 7) is 7.22. The molecular formula is C19H21BrN4O. The molecule has 3 aromatic heterocycles. The molecule has 1 amide bonds. The van der Waals surface area contributed by atoms with Crippen LogP contribution in [0.1, 0.15) is 34.2 Å². The lowest BCUT2D eigenvalue weighted by molar-refractivity contribution is 0.0758. The Morgan fingerprint density at radius 1 is 1.28 bits per heavy atom. The van der Waals surface area contributed by atoms with Crippen LogP contribution in [0.3, 0.4) is 0 Å². The second-order valence-corrected chi connectivity index (χ2v) is 6.99. The number of rotatable bonds is 5. The van der Waals surface area contributed by atoms with Crippen molar-refractivity contribution in [3.63, 3.8) is 0 Å². The molecule has 0 aromatic carbocycles.